The van der Waals surface area contributed by atoms with Crippen molar-refractivity contribution in [1.82, 2.24) is 62.1 Å². The molecule has 14 aliphatic rings. The van der Waals surface area contributed by atoms with Crippen LogP contribution in [0.4, 0.5) is 0 Å². The summed E-state index contributed by atoms with van der Waals surface area (Å²) in [5.74, 6) is -2.79. The number of ether oxygens (including phenoxy) is 3. The smallest absolute Gasteiger partial charge is 0.247 e. The first-order valence-electron chi connectivity index (χ1n) is 51.8. The summed E-state index contributed by atoms with van der Waals surface area (Å²) in [7, 11) is 0. The van der Waals surface area contributed by atoms with E-state index in [1.807, 2.05) is 119 Å². The zero-order valence-electron chi connectivity index (χ0n) is 82.8. The minimum Gasteiger partial charge on any atom is -0.358 e. The van der Waals surface area contributed by atoms with E-state index in [9.17, 15) is 62.3 Å². The third-order valence-electron chi connectivity index (χ3n) is 33.0. The van der Waals surface area contributed by atoms with Crippen molar-refractivity contribution in [3.05, 3.63) is 154 Å². The fourth-order valence-corrected chi connectivity index (χ4v) is 24.6. The highest BCUT2D eigenvalue weighted by atomic mass is 16.5. The normalized spacial score (nSPS) is 29.7. The first-order chi connectivity index (χ1) is 65.7. The third-order valence-corrected chi connectivity index (χ3v) is 33.0. The number of benzene rings is 4. The van der Waals surface area contributed by atoms with E-state index >= 15 is 0 Å². The molecule has 12 amide bonds. The fourth-order valence-electron chi connectivity index (χ4n) is 24.6. The van der Waals surface area contributed by atoms with Crippen LogP contribution in [0.15, 0.2) is 109 Å². The Balaban J connectivity index is 0.000000139. The van der Waals surface area contributed by atoms with Crippen LogP contribution in [-0.4, -0.2) is 189 Å². The van der Waals surface area contributed by atoms with E-state index in [1.54, 1.807) is 26.5 Å². The maximum Gasteiger partial charge on any atom is 0.247 e. The molecule has 4 aromatic rings. The molecule has 8 heterocycles. The van der Waals surface area contributed by atoms with Gasteiger partial charge in [0.2, 0.25) is 70.9 Å². The second kappa shape index (κ2) is 43.7. The van der Waals surface area contributed by atoms with Crippen LogP contribution >= 0.6 is 0 Å². The van der Waals surface area contributed by atoms with Crippen molar-refractivity contribution in [2.24, 2.45) is 45.3 Å². The maximum atomic E-state index is 14.0. The lowest BCUT2D eigenvalue weighted by atomic mass is 9.77. The molecule has 137 heavy (non-hydrogen) atoms. The molecule has 742 valence electrons. The van der Waals surface area contributed by atoms with Crippen LogP contribution in [0.5, 0.6) is 0 Å². The lowest BCUT2D eigenvalue weighted by Gasteiger charge is -2.37. The van der Waals surface area contributed by atoms with Crippen LogP contribution in [0.3, 0.4) is 0 Å². The molecule has 2 spiro atoms. The van der Waals surface area contributed by atoms with Gasteiger partial charge in [0.1, 0.15) is 72.8 Å². The van der Waals surface area contributed by atoms with Crippen molar-refractivity contribution in [2.75, 3.05) is 19.8 Å². The molecule has 8 aliphatic heterocycles. The molecule has 9 fully saturated rings. The number of carbonyl (C=O) groups is 13. The zero-order chi connectivity index (χ0) is 97.5. The average molecular weight is 1880 g/mol. The molecule has 0 radical (unpaired) electrons. The van der Waals surface area contributed by atoms with Crippen LogP contribution in [0.2, 0.25) is 0 Å². The molecule has 28 nitrogen and oxygen atoms in total. The Kier molecular flexibility index (Phi) is 32.3. The highest BCUT2D eigenvalue weighted by Gasteiger charge is 2.63. The van der Waals surface area contributed by atoms with E-state index in [1.165, 1.54) is 38.9 Å². The van der Waals surface area contributed by atoms with E-state index in [-0.39, 0.29) is 154 Å². The van der Waals surface area contributed by atoms with E-state index in [4.69, 9.17) is 14.2 Å². The van der Waals surface area contributed by atoms with Gasteiger partial charge < -0.3 is 76.3 Å². The van der Waals surface area contributed by atoms with Gasteiger partial charge in [0.15, 0.2) is 0 Å². The molecule has 18 rings (SSSR count). The van der Waals surface area contributed by atoms with E-state index in [2.05, 4.69) is 109 Å². The van der Waals surface area contributed by atoms with Crippen molar-refractivity contribution in [2.45, 2.75) is 379 Å². The number of hydrogen-bond donors (Lipinski definition) is 8. The summed E-state index contributed by atoms with van der Waals surface area (Å²) in [6.07, 6.45) is 26.9. The van der Waals surface area contributed by atoms with Gasteiger partial charge in [0, 0.05) is 85.5 Å². The summed E-state index contributed by atoms with van der Waals surface area (Å²) in [6.45, 7) is 24.4. The number of nitrogens with one attached hydrogen (secondary N) is 8. The molecule has 4 aromatic carbocycles. The number of rotatable bonds is 20. The first-order valence-corrected chi connectivity index (χ1v) is 51.8. The number of hydrogen-bond acceptors (Lipinski definition) is 16. The largest absolute Gasteiger partial charge is 0.358 e. The van der Waals surface area contributed by atoms with Gasteiger partial charge in [0.25, 0.3) is 0 Å². The van der Waals surface area contributed by atoms with Crippen LogP contribution in [0.1, 0.15) is 325 Å². The number of fused-ring (bicyclic) bond motifs is 8. The Labute approximate surface area is 809 Å². The van der Waals surface area contributed by atoms with E-state index in [0.717, 1.165) is 121 Å². The number of amides is 12. The summed E-state index contributed by atoms with van der Waals surface area (Å²) in [6, 6.07) is 27.1. The second-order valence-corrected chi connectivity index (χ2v) is 43.2. The second-order valence-electron chi connectivity index (χ2n) is 43.2. The number of allylic oxidation sites excluding steroid dienone is 2. The summed E-state index contributed by atoms with van der Waals surface area (Å²) >= 11 is 0. The molecular weight excluding hydrogens is 1730 g/mol. The van der Waals surface area contributed by atoms with Crippen LogP contribution in [0.25, 0.3) is 0 Å². The molecular formula is C109H150N12O16. The molecule has 0 bridgehead atoms. The Morgan fingerprint density at radius 1 is 0.336 bits per heavy atom. The van der Waals surface area contributed by atoms with Gasteiger partial charge in [-0.25, -0.2) is 0 Å². The SMILES string of the molecule is CC[C@@H](C)C(=O)N[C@H]1CC(=O)C[C@H]2CC(C)(C)C(C(=O)N[C@@H]3CCCc4ccccc43)N2C1=O.CC[C@@H](C)C(=O)N[C@H]1CCO[C@H]2CC(C)(C)[C@@H](C(=O)N[C@@H]3CCCc4ccccc43)N2C1=O.CC[C@@H](C)C(=O)N[C@H]1CCO[C@H]2CC3(CC=CC3)C(C(=O)N[C@@H]3CCCc4ccccc43)N2C1=O.CC[C@@H](C)C(=O)N[C@H]1CCO[C@H]2CC3(CCCC3)C(C(=O)N[C@@H]3CCCc4ccccc43)N2C1=O. The van der Waals surface area contributed by atoms with Gasteiger partial charge >= 0.3 is 0 Å². The van der Waals surface area contributed by atoms with Gasteiger partial charge in [-0.3, -0.25) is 62.3 Å². The Hall–Kier alpha value is -10.2. The van der Waals surface area contributed by atoms with E-state index in [0.29, 0.717) is 90.4 Å². The predicted molar refractivity (Wildman–Crippen MR) is 518 cm³/mol. The average Bonchev–Trinajstić information content (AvgIpc) is 1.56. The highest BCUT2D eigenvalue weighted by molar-refractivity contribution is 6.00. The molecule has 20 atom stereocenters. The number of Topliss-reactive ketones (excluding diaryl/α,β-unsaturated/α-hetero) is 1. The number of nitrogens with zero attached hydrogens (tertiary/aromatic N) is 4. The monoisotopic (exact) mass is 1880 g/mol. The number of carbonyl (C=O) groups excluding carboxylic acids is 13. The van der Waals surface area contributed by atoms with Crippen molar-refractivity contribution in [1.29, 1.82) is 0 Å². The summed E-state index contributed by atoms with van der Waals surface area (Å²) < 4.78 is 18.4. The van der Waals surface area contributed by atoms with Crippen molar-refractivity contribution >= 4 is 76.7 Å². The topological polar surface area (TPSA) is 359 Å². The quantitative estimate of drug-likeness (QED) is 0.0381. The molecule has 6 aliphatic carbocycles. The summed E-state index contributed by atoms with van der Waals surface area (Å²) in [5.41, 5.74) is 8.26. The van der Waals surface area contributed by atoms with Gasteiger partial charge in [-0.1, -0.05) is 205 Å². The molecule has 8 saturated heterocycles. The lowest BCUT2D eigenvalue weighted by molar-refractivity contribution is -0.150. The van der Waals surface area contributed by atoms with Gasteiger partial charge in [-0.2, -0.15) is 0 Å². The first kappa shape index (κ1) is 101. The molecule has 1 saturated carbocycles. The van der Waals surface area contributed by atoms with Gasteiger partial charge in [-0.05, 0) is 197 Å². The number of aryl methyl sites for hydroxylation is 4. The van der Waals surface area contributed by atoms with Crippen LogP contribution in [0, 0.1) is 45.3 Å². The molecule has 8 N–H and O–H groups in total. The van der Waals surface area contributed by atoms with E-state index < -0.39 is 77.8 Å². The minimum absolute atomic E-state index is 0.0151. The standard InChI is InChI=1S/C28H39N3O4.C28H37N3O4.C27H37N3O4.C26H37N3O4/c2*1-3-18(2)25(32)30-22-13-16-35-23-17-28(14-6-7-15-28)24(31(23)27(22)34)26(33)29-21-12-8-10-19-9-4-5-11-20(19)21;1-5-16(2)24(32)29-22-14-19(31)13-18-15-27(3,4)23(30(18)26(22)34)25(33)28-21-12-8-10-17-9-6-7-11-20(17)21;1-5-16(2)23(30)28-20-13-14-33-21-15-26(3,4)22(29(21)25(20)32)24(31)27-19-12-8-10-17-9-6-7-11-18(17)19/h4-5,9,11,18,21-24H,3,6-8,10,12-17H2,1-2H3,(H,29,33)(H,30,32);4-7,9,11,18,21-24H,3,8,10,12-17H2,1-2H3,(H,29,33)(H,30,32);6-7,9,11,16,18,21-23H,5,8,10,12-15H2,1-4H3,(H,28,33)(H,29,32);6-7,9,11,16,19-22H,5,8,10,12-15H2,1-4H3,(H,27,31)(H,28,30)/t2*18-,21-,22+,23+,24?;16-,18+,21-,22+,23?;16-,19-,20+,21+,22-/m1111/s1. The zero-order valence-corrected chi connectivity index (χ0v) is 82.8. The molecule has 0 aromatic heterocycles. The van der Waals surface area contributed by atoms with Gasteiger partial charge in [0.05, 0.1) is 44.0 Å². The Morgan fingerprint density at radius 2 is 0.628 bits per heavy atom. The Morgan fingerprint density at radius 3 is 0.985 bits per heavy atom. The molecule has 3 unspecified atom stereocenters. The highest BCUT2D eigenvalue weighted by Crippen LogP contribution is 2.55. The molecule has 28 heteroatoms. The van der Waals surface area contributed by atoms with Crippen molar-refractivity contribution in [3.8, 4) is 0 Å². The van der Waals surface area contributed by atoms with Crippen molar-refractivity contribution in [3.63, 3.8) is 0 Å². The third kappa shape index (κ3) is 21.7. The number of ketones is 1. The summed E-state index contributed by atoms with van der Waals surface area (Å²) in [5, 5.41) is 24.8. The van der Waals surface area contributed by atoms with Crippen LogP contribution in [-0.2, 0) is 102 Å². The minimum atomic E-state index is -0.918. The van der Waals surface area contributed by atoms with Crippen molar-refractivity contribution < 1.29 is 76.5 Å². The van der Waals surface area contributed by atoms with Gasteiger partial charge in [-0.15, -0.1) is 0 Å². The fraction of sp³-hybridized carbons (Fsp3) is 0.642. The van der Waals surface area contributed by atoms with Crippen LogP contribution < -0.4 is 42.5 Å². The summed E-state index contributed by atoms with van der Waals surface area (Å²) in [4.78, 5) is 180. The lowest BCUT2D eigenvalue weighted by Crippen LogP contribution is -2.58. The predicted octanol–water partition coefficient (Wildman–Crippen LogP) is 13.2. The maximum absolute atomic E-state index is 14.0. The Bertz CT molecular complexity index is 4990.